The fraction of sp³-hybridized carbons (Fsp3) is 0.923. The Balaban J connectivity index is 1.50. The quantitative estimate of drug-likeness (QED) is 0.734. The van der Waals surface area contributed by atoms with Crippen LogP contribution in [0.3, 0.4) is 0 Å². The molecular formula is C13H23NO3. The van der Waals surface area contributed by atoms with E-state index in [1.54, 1.807) is 0 Å². The Morgan fingerprint density at radius 2 is 2.29 bits per heavy atom. The number of carbonyl (C=O) groups is 1. The molecule has 4 heteroatoms. The van der Waals surface area contributed by atoms with Crippen molar-refractivity contribution in [2.75, 3.05) is 19.8 Å². The van der Waals surface area contributed by atoms with Gasteiger partial charge in [-0.2, -0.15) is 0 Å². The van der Waals surface area contributed by atoms with E-state index in [0.717, 1.165) is 31.8 Å². The number of hydrogen-bond donors (Lipinski definition) is 1. The van der Waals surface area contributed by atoms with Crippen molar-refractivity contribution < 1.29 is 14.3 Å². The standard InChI is InChI=1S/C13H23NO3/c1-10(7-11-4-5-11)14-13(15)9-16-8-12-3-2-6-17-12/h10-12H,2-9H2,1H3,(H,14,15)/t10-,12-/m1/s1. The summed E-state index contributed by atoms with van der Waals surface area (Å²) in [6.45, 7) is 3.61. The number of amides is 1. The highest BCUT2D eigenvalue weighted by atomic mass is 16.5. The molecule has 0 unspecified atom stereocenters. The van der Waals surface area contributed by atoms with E-state index >= 15 is 0 Å². The molecular weight excluding hydrogens is 218 g/mol. The van der Waals surface area contributed by atoms with E-state index in [1.165, 1.54) is 12.8 Å². The molecule has 0 radical (unpaired) electrons. The Kier molecular flexibility index (Phi) is 4.80. The van der Waals surface area contributed by atoms with Crippen molar-refractivity contribution in [3.05, 3.63) is 0 Å². The molecule has 1 N–H and O–H groups in total. The third kappa shape index (κ3) is 5.04. The highest BCUT2D eigenvalue weighted by molar-refractivity contribution is 5.77. The summed E-state index contributed by atoms with van der Waals surface area (Å²) >= 11 is 0. The van der Waals surface area contributed by atoms with Gasteiger partial charge in [-0.3, -0.25) is 4.79 Å². The Bertz CT molecular complexity index is 247. The summed E-state index contributed by atoms with van der Waals surface area (Å²) in [5.74, 6) is 0.842. The lowest BCUT2D eigenvalue weighted by Gasteiger charge is -2.14. The average Bonchev–Trinajstić information content (AvgIpc) is 2.93. The first-order chi connectivity index (χ1) is 8.24. The predicted molar refractivity (Wildman–Crippen MR) is 64.7 cm³/mol. The van der Waals surface area contributed by atoms with Gasteiger partial charge in [0, 0.05) is 12.6 Å². The lowest BCUT2D eigenvalue weighted by molar-refractivity contribution is -0.127. The second-order valence-electron chi connectivity index (χ2n) is 5.30. The van der Waals surface area contributed by atoms with Crippen LogP contribution < -0.4 is 5.32 Å². The Labute approximate surface area is 103 Å². The summed E-state index contributed by atoms with van der Waals surface area (Å²) in [5.41, 5.74) is 0. The second-order valence-corrected chi connectivity index (χ2v) is 5.30. The number of ether oxygens (including phenoxy) is 2. The minimum absolute atomic E-state index is 0.00357. The molecule has 2 rings (SSSR count). The van der Waals surface area contributed by atoms with Crippen LogP contribution >= 0.6 is 0 Å². The minimum atomic E-state index is -0.00357. The molecule has 1 aliphatic heterocycles. The number of rotatable bonds is 7. The summed E-state index contributed by atoms with van der Waals surface area (Å²) in [7, 11) is 0. The molecule has 0 aromatic rings. The maximum Gasteiger partial charge on any atom is 0.246 e. The van der Waals surface area contributed by atoms with Gasteiger partial charge < -0.3 is 14.8 Å². The smallest absolute Gasteiger partial charge is 0.246 e. The van der Waals surface area contributed by atoms with Crippen molar-refractivity contribution in [3.63, 3.8) is 0 Å². The molecule has 17 heavy (non-hydrogen) atoms. The van der Waals surface area contributed by atoms with Crippen molar-refractivity contribution in [2.45, 2.75) is 51.2 Å². The van der Waals surface area contributed by atoms with Crippen LogP contribution in [0.4, 0.5) is 0 Å². The third-order valence-electron chi connectivity index (χ3n) is 3.35. The van der Waals surface area contributed by atoms with E-state index in [2.05, 4.69) is 12.2 Å². The Hall–Kier alpha value is -0.610. The molecule has 1 heterocycles. The van der Waals surface area contributed by atoms with Gasteiger partial charge in [0.05, 0.1) is 12.7 Å². The molecule has 2 atom stereocenters. The Morgan fingerprint density at radius 1 is 1.47 bits per heavy atom. The lowest BCUT2D eigenvalue weighted by Crippen LogP contribution is -2.36. The zero-order valence-corrected chi connectivity index (χ0v) is 10.6. The van der Waals surface area contributed by atoms with Crippen LogP contribution in [0.5, 0.6) is 0 Å². The van der Waals surface area contributed by atoms with Gasteiger partial charge in [0.15, 0.2) is 0 Å². The van der Waals surface area contributed by atoms with Crippen LogP contribution in [-0.4, -0.2) is 37.9 Å². The number of hydrogen-bond acceptors (Lipinski definition) is 3. The van der Waals surface area contributed by atoms with Gasteiger partial charge in [0.25, 0.3) is 0 Å². The molecule has 1 saturated heterocycles. The fourth-order valence-electron chi connectivity index (χ4n) is 2.29. The van der Waals surface area contributed by atoms with Crippen molar-refractivity contribution in [1.29, 1.82) is 0 Å². The van der Waals surface area contributed by atoms with Gasteiger partial charge in [0.1, 0.15) is 6.61 Å². The van der Waals surface area contributed by atoms with E-state index in [0.29, 0.717) is 6.61 Å². The third-order valence-corrected chi connectivity index (χ3v) is 3.35. The summed E-state index contributed by atoms with van der Waals surface area (Å²) < 4.78 is 10.8. The Morgan fingerprint density at radius 3 is 2.94 bits per heavy atom. The summed E-state index contributed by atoms with van der Waals surface area (Å²) in [6, 6.07) is 0.279. The van der Waals surface area contributed by atoms with E-state index in [-0.39, 0.29) is 24.7 Å². The minimum Gasteiger partial charge on any atom is -0.376 e. The van der Waals surface area contributed by atoms with Crippen LogP contribution in [0.25, 0.3) is 0 Å². The van der Waals surface area contributed by atoms with Gasteiger partial charge >= 0.3 is 0 Å². The molecule has 98 valence electrons. The molecule has 1 aliphatic carbocycles. The number of nitrogens with one attached hydrogen (secondary N) is 1. The molecule has 0 spiro atoms. The first-order valence-corrected chi connectivity index (χ1v) is 6.72. The van der Waals surface area contributed by atoms with Crippen LogP contribution in [0, 0.1) is 5.92 Å². The van der Waals surface area contributed by atoms with Crippen molar-refractivity contribution >= 4 is 5.91 Å². The lowest BCUT2D eigenvalue weighted by atomic mass is 10.1. The van der Waals surface area contributed by atoms with E-state index in [1.807, 2.05) is 0 Å². The van der Waals surface area contributed by atoms with E-state index < -0.39 is 0 Å². The number of carbonyl (C=O) groups excluding carboxylic acids is 1. The first kappa shape index (κ1) is 12.8. The van der Waals surface area contributed by atoms with Crippen molar-refractivity contribution in [3.8, 4) is 0 Å². The topological polar surface area (TPSA) is 47.6 Å². The fourth-order valence-corrected chi connectivity index (χ4v) is 2.29. The van der Waals surface area contributed by atoms with Crippen molar-refractivity contribution in [2.24, 2.45) is 5.92 Å². The zero-order valence-electron chi connectivity index (χ0n) is 10.6. The highest BCUT2D eigenvalue weighted by Gasteiger charge is 2.24. The molecule has 0 bridgehead atoms. The maximum atomic E-state index is 11.6. The molecule has 2 fully saturated rings. The van der Waals surface area contributed by atoms with Gasteiger partial charge in [-0.1, -0.05) is 12.8 Å². The molecule has 1 saturated carbocycles. The van der Waals surface area contributed by atoms with Crippen molar-refractivity contribution in [1.82, 2.24) is 5.32 Å². The molecule has 2 aliphatic rings. The van der Waals surface area contributed by atoms with Crippen LogP contribution in [-0.2, 0) is 14.3 Å². The second kappa shape index (κ2) is 6.36. The average molecular weight is 241 g/mol. The van der Waals surface area contributed by atoms with E-state index in [4.69, 9.17) is 9.47 Å². The zero-order chi connectivity index (χ0) is 12.1. The summed E-state index contributed by atoms with van der Waals surface area (Å²) in [4.78, 5) is 11.6. The normalized spacial score (nSPS) is 25.8. The summed E-state index contributed by atoms with van der Waals surface area (Å²) in [6.07, 6.45) is 6.13. The van der Waals surface area contributed by atoms with Crippen LogP contribution in [0.1, 0.15) is 39.0 Å². The predicted octanol–water partition coefficient (Wildman–Crippen LogP) is 1.49. The highest BCUT2D eigenvalue weighted by Crippen LogP contribution is 2.33. The van der Waals surface area contributed by atoms with Crippen LogP contribution in [0.15, 0.2) is 0 Å². The van der Waals surface area contributed by atoms with Gasteiger partial charge in [0.2, 0.25) is 5.91 Å². The van der Waals surface area contributed by atoms with Gasteiger partial charge in [-0.25, -0.2) is 0 Å². The SMILES string of the molecule is C[C@H](CC1CC1)NC(=O)COC[C@H]1CCCO1. The first-order valence-electron chi connectivity index (χ1n) is 6.72. The maximum absolute atomic E-state index is 11.6. The van der Waals surface area contributed by atoms with Crippen LogP contribution in [0.2, 0.25) is 0 Å². The molecule has 4 nitrogen and oxygen atoms in total. The molecule has 1 amide bonds. The molecule has 0 aromatic heterocycles. The van der Waals surface area contributed by atoms with E-state index in [9.17, 15) is 4.79 Å². The van der Waals surface area contributed by atoms with Gasteiger partial charge in [-0.15, -0.1) is 0 Å². The molecule has 0 aromatic carbocycles. The monoisotopic (exact) mass is 241 g/mol. The summed E-state index contributed by atoms with van der Waals surface area (Å²) in [5, 5.41) is 2.97. The van der Waals surface area contributed by atoms with Gasteiger partial charge in [-0.05, 0) is 32.1 Å². The largest absolute Gasteiger partial charge is 0.376 e.